The number of hydrogen-bond donors (Lipinski definition) is 0. The van der Waals surface area contributed by atoms with Crippen LogP contribution in [0.15, 0.2) is 41.5 Å². The first-order valence-corrected chi connectivity index (χ1v) is 4.82. The zero-order chi connectivity index (χ0) is 10.7. The lowest BCUT2D eigenvalue weighted by Crippen LogP contribution is -2.07. The summed E-state index contributed by atoms with van der Waals surface area (Å²) in [6, 6.07) is 10.1. The summed E-state index contributed by atoms with van der Waals surface area (Å²) in [4.78, 5) is 10.5. The Balaban J connectivity index is 2.51. The van der Waals surface area contributed by atoms with Gasteiger partial charge in [-0.2, -0.15) is 0 Å². The maximum Gasteiger partial charge on any atom is 0.161 e. The Morgan fingerprint density at radius 2 is 2.00 bits per heavy atom. The van der Waals surface area contributed by atoms with Crippen LogP contribution < -0.4 is 0 Å². The van der Waals surface area contributed by atoms with Crippen molar-refractivity contribution in [2.75, 3.05) is 14.1 Å². The Labute approximate surface area is 89.1 Å². The normalized spacial score (nSPS) is 11.1. The first kappa shape index (κ1) is 9.65. The van der Waals surface area contributed by atoms with Crippen molar-refractivity contribution in [3.8, 4) is 0 Å². The first-order chi connectivity index (χ1) is 7.27. The van der Waals surface area contributed by atoms with Crippen LogP contribution in [0, 0.1) is 0 Å². The van der Waals surface area contributed by atoms with E-state index >= 15 is 0 Å². The van der Waals surface area contributed by atoms with Gasteiger partial charge in [-0.25, -0.2) is 9.98 Å². The molecule has 1 aromatic heterocycles. The van der Waals surface area contributed by atoms with Crippen LogP contribution in [0.3, 0.4) is 0 Å². The molecule has 0 aliphatic rings. The summed E-state index contributed by atoms with van der Waals surface area (Å²) in [7, 11) is 3.88. The molecule has 1 heterocycles. The van der Waals surface area contributed by atoms with Gasteiger partial charge in [0.05, 0.1) is 6.34 Å². The molecule has 3 heteroatoms. The third-order valence-corrected chi connectivity index (χ3v) is 2.06. The van der Waals surface area contributed by atoms with Crippen molar-refractivity contribution in [1.82, 2.24) is 9.88 Å². The second-order valence-electron chi connectivity index (χ2n) is 3.56. The fourth-order valence-electron chi connectivity index (χ4n) is 1.38. The predicted molar refractivity (Wildman–Crippen MR) is 63.6 cm³/mol. The number of fused-ring (bicyclic) bond motifs is 1. The van der Waals surface area contributed by atoms with Crippen molar-refractivity contribution in [2.24, 2.45) is 4.99 Å². The second kappa shape index (κ2) is 4.09. The Morgan fingerprint density at radius 3 is 2.80 bits per heavy atom. The van der Waals surface area contributed by atoms with Gasteiger partial charge in [0.2, 0.25) is 0 Å². The molecule has 0 fully saturated rings. The molecule has 3 nitrogen and oxygen atoms in total. The molecule has 76 valence electrons. The van der Waals surface area contributed by atoms with E-state index in [1.54, 1.807) is 12.5 Å². The maximum absolute atomic E-state index is 4.32. The quantitative estimate of drug-likeness (QED) is 0.549. The molecule has 0 radical (unpaired) electrons. The number of benzene rings is 1. The minimum absolute atomic E-state index is 0.766. The van der Waals surface area contributed by atoms with Crippen LogP contribution in [0.1, 0.15) is 0 Å². The summed E-state index contributed by atoms with van der Waals surface area (Å²) in [5.41, 5.74) is 0. The molecule has 0 saturated carbocycles. The molecular weight excluding hydrogens is 186 g/mol. The van der Waals surface area contributed by atoms with Gasteiger partial charge in [-0.05, 0) is 11.5 Å². The number of aliphatic imine (C=N–C) groups is 1. The smallest absolute Gasteiger partial charge is 0.161 e. The number of aromatic nitrogens is 1. The Kier molecular flexibility index (Phi) is 2.63. The summed E-state index contributed by atoms with van der Waals surface area (Å²) < 4.78 is 0. The highest BCUT2D eigenvalue weighted by Crippen LogP contribution is 2.22. The Hall–Kier alpha value is -1.90. The van der Waals surface area contributed by atoms with Crippen LogP contribution in [-0.2, 0) is 0 Å². The highest BCUT2D eigenvalue weighted by atomic mass is 15.1. The van der Waals surface area contributed by atoms with Crippen molar-refractivity contribution in [3.63, 3.8) is 0 Å². The van der Waals surface area contributed by atoms with Gasteiger partial charge in [-0.3, -0.25) is 0 Å². The number of rotatable bonds is 2. The van der Waals surface area contributed by atoms with Crippen molar-refractivity contribution >= 4 is 22.9 Å². The largest absolute Gasteiger partial charge is 0.369 e. The van der Waals surface area contributed by atoms with Crippen LogP contribution in [0.4, 0.5) is 5.82 Å². The predicted octanol–water partition coefficient (Wildman–Crippen LogP) is 2.46. The monoisotopic (exact) mass is 199 g/mol. The van der Waals surface area contributed by atoms with Crippen LogP contribution in [-0.4, -0.2) is 30.3 Å². The molecular formula is C12H13N3. The van der Waals surface area contributed by atoms with E-state index in [2.05, 4.69) is 16.0 Å². The molecule has 15 heavy (non-hydrogen) atoms. The summed E-state index contributed by atoms with van der Waals surface area (Å²) in [5, 5.41) is 2.25. The highest BCUT2D eigenvalue weighted by Gasteiger charge is 1.98. The zero-order valence-electron chi connectivity index (χ0n) is 8.88. The lowest BCUT2D eigenvalue weighted by molar-refractivity contribution is 0.643. The summed E-state index contributed by atoms with van der Waals surface area (Å²) >= 11 is 0. The minimum Gasteiger partial charge on any atom is -0.369 e. The molecule has 2 aromatic rings. The third-order valence-electron chi connectivity index (χ3n) is 2.06. The van der Waals surface area contributed by atoms with E-state index in [1.807, 2.05) is 43.3 Å². The molecule has 0 aliphatic carbocycles. The Bertz CT molecular complexity index is 484. The standard InChI is InChI=1S/C12H13N3/c1-15(2)9-14-12-11-6-4-3-5-10(11)7-8-13-12/h3-9H,1-2H3. The molecule has 0 spiro atoms. The van der Waals surface area contributed by atoms with Crippen molar-refractivity contribution in [3.05, 3.63) is 36.5 Å². The molecule has 2 rings (SSSR count). The van der Waals surface area contributed by atoms with E-state index in [1.165, 1.54) is 5.39 Å². The van der Waals surface area contributed by atoms with Crippen LogP contribution in [0.5, 0.6) is 0 Å². The average Bonchev–Trinajstić information content (AvgIpc) is 2.26. The summed E-state index contributed by atoms with van der Waals surface area (Å²) in [6.45, 7) is 0. The highest BCUT2D eigenvalue weighted by molar-refractivity contribution is 5.91. The maximum atomic E-state index is 4.32. The van der Waals surface area contributed by atoms with Gasteiger partial charge in [-0.1, -0.05) is 24.3 Å². The van der Waals surface area contributed by atoms with Gasteiger partial charge in [0, 0.05) is 25.7 Å². The van der Waals surface area contributed by atoms with E-state index in [9.17, 15) is 0 Å². The second-order valence-corrected chi connectivity index (χ2v) is 3.56. The molecule has 0 atom stereocenters. The van der Waals surface area contributed by atoms with Crippen LogP contribution >= 0.6 is 0 Å². The van der Waals surface area contributed by atoms with Gasteiger partial charge in [0.15, 0.2) is 5.82 Å². The number of nitrogens with zero attached hydrogens (tertiary/aromatic N) is 3. The molecule has 1 aromatic carbocycles. The van der Waals surface area contributed by atoms with E-state index in [4.69, 9.17) is 0 Å². The summed E-state index contributed by atoms with van der Waals surface area (Å²) in [5.74, 6) is 0.766. The minimum atomic E-state index is 0.766. The third kappa shape index (κ3) is 2.13. The lowest BCUT2D eigenvalue weighted by atomic mass is 10.2. The van der Waals surface area contributed by atoms with Crippen molar-refractivity contribution in [2.45, 2.75) is 0 Å². The topological polar surface area (TPSA) is 28.5 Å². The molecule has 0 aliphatic heterocycles. The number of pyridine rings is 1. The van der Waals surface area contributed by atoms with Gasteiger partial charge < -0.3 is 4.90 Å². The molecule has 0 amide bonds. The molecule has 0 bridgehead atoms. The lowest BCUT2D eigenvalue weighted by Gasteiger charge is -2.03. The molecule has 0 saturated heterocycles. The van der Waals surface area contributed by atoms with Crippen molar-refractivity contribution < 1.29 is 0 Å². The molecule has 0 unspecified atom stereocenters. The van der Waals surface area contributed by atoms with E-state index < -0.39 is 0 Å². The van der Waals surface area contributed by atoms with E-state index in [0.29, 0.717) is 0 Å². The van der Waals surface area contributed by atoms with Gasteiger partial charge in [0.1, 0.15) is 0 Å². The van der Waals surface area contributed by atoms with E-state index in [-0.39, 0.29) is 0 Å². The Morgan fingerprint density at radius 1 is 1.20 bits per heavy atom. The number of hydrogen-bond acceptors (Lipinski definition) is 2. The zero-order valence-corrected chi connectivity index (χ0v) is 8.88. The molecule has 0 N–H and O–H groups in total. The SMILES string of the molecule is CN(C)C=Nc1nccc2ccccc12. The fraction of sp³-hybridized carbons (Fsp3) is 0.167. The average molecular weight is 199 g/mol. The van der Waals surface area contributed by atoms with Crippen molar-refractivity contribution in [1.29, 1.82) is 0 Å². The van der Waals surface area contributed by atoms with E-state index in [0.717, 1.165) is 11.2 Å². The van der Waals surface area contributed by atoms with Gasteiger partial charge >= 0.3 is 0 Å². The van der Waals surface area contributed by atoms with Gasteiger partial charge in [0.25, 0.3) is 0 Å². The summed E-state index contributed by atoms with van der Waals surface area (Å²) in [6.07, 6.45) is 3.54. The van der Waals surface area contributed by atoms with Gasteiger partial charge in [-0.15, -0.1) is 0 Å². The first-order valence-electron chi connectivity index (χ1n) is 4.82. The fourth-order valence-corrected chi connectivity index (χ4v) is 1.38. The van der Waals surface area contributed by atoms with Crippen LogP contribution in [0.25, 0.3) is 10.8 Å². The van der Waals surface area contributed by atoms with Crippen LogP contribution in [0.2, 0.25) is 0 Å².